The maximum Gasteiger partial charge on any atom is 0.256 e. The van der Waals surface area contributed by atoms with E-state index in [0.717, 1.165) is 31.5 Å². The van der Waals surface area contributed by atoms with Gasteiger partial charge in [-0.15, -0.1) is 0 Å². The van der Waals surface area contributed by atoms with Crippen molar-refractivity contribution in [2.75, 3.05) is 20.2 Å². The number of piperazine rings is 1. The van der Waals surface area contributed by atoms with Gasteiger partial charge in [0.1, 0.15) is 0 Å². The standard InChI is InChI=1S/C17H26N2O2/c1-4-14-12-19(15(5-2)11-18-14)17(20)16(21-3)13-9-7-6-8-10-13/h6-10,14-16,18H,4-5,11-12H2,1-3H3. The zero-order valence-corrected chi connectivity index (χ0v) is 13.2. The Morgan fingerprint density at radius 3 is 2.62 bits per heavy atom. The Balaban J connectivity index is 2.18. The zero-order valence-electron chi connectivity index (χ0n) is 13.2. The van der Waals surface area contributed by atoms with Crippen molar-refractivity contribution in [1.82, 2.24) is 10.2 Å². The highest BCUT2D eigenvalue weighted by Gasteiger charge is 2.34. The lowest BCUT2D eigenvalue weighted by molar-refractivity contribution is -0.146. The van der Waals surface area contributed by atoms with Gasteiger partial charge in [-0.2, -0.15) is 0 Å². The van der Waals surface area contributed by atoms with Crippen molar-refractivity contribution >= 4 is 5.91 Å². The van der Waals surface area contributed by atoms with E-state index in [2.05, 4.69) is 19.2 Å². The molecule has 116 valence electrons. The van der Waals surface area contributed by atoms with E-state index in [0.29, 0.717) is 6.04 Å². The number of ether oxygens (including phenoxy) is 1. The van der Waals surface area contributed by atoms with E-state index in [1.165, 1.54) is 0 Å². The van der Waals surface area contributed by atoms with Crippen molar-refractivity contribution in [3.05, 3.63) is 35.9 Å². The van der Waals surface area contributed by atoms with Crippen molar-refractivity contribution in [2.45, 2.75) is 44.9 Å². The molecular formula is C17H26N2O2. The summed E-state index contributed by atoms with van der Waals surface area (Å²) in [5.74, 6) is 0.0792. The van der Waals surface area contributed by atoms with Crippen LogP contribution < -0.4 is 5.32 Å². The molecule has 1 aliphatic heterocycles. The van der Waals surface area contributed by atoms with Crippen LogP contribution in [0.1, 0.15) is 38.4 Å². The molecule has 0 aromatic heterocycles. The fourth-order valence-corrected chi connectivity index (χ4v) is 2.93. The van der Waals surface area contributed by atoms with Crippen LogP contribution in [0.5, 0.6) is 0 Å². The minimum atomic E-state index is -0.504. The van der Waals surface area contributed by atoms with Gasteiger partial charge in [0.05, 0.1) is 0 Å². The molecule has 1 heterocycles. The molecule has 0 aliphatic carbocycles. The van der Waals surface area contributed by atoms with Crippen molar-refractivity contribution < 1.29 is 9.53 Å². The first kappa shape index (κ1) is 16.0. The Bertz CT molecular complexity index is 449. The molecule has 0 saturated carbocycles. The van der Waals surface area contributed by atoms with E-state index in [1.807, 2.05) is 35.2 Å². The van der Waals surface area contributed by atoms with E-state index >= 15 is 0 Å². The minimum Gasteiger partial charge on any atom is -0.367 e. The average molecular weight is 290 g/mol. The molecule has 1 N–H and O–H groups in total. The number of benzene rings is 1. The van der Waals surface area contributed by atoms with Crippen molar-refractivity contribution in [3.8, 4) is 0 Å². The number of methoxy groups -OCH3 is 1. The van der Waals surface area contributed by atoms with E-state index in [-0.39, 0.29) is 11.9 Å². The maximum atomic E-state index is 12.9. The van der Waals surface area contributed by atoms with Gasteiger partial charge in [0, 0.05) is 32.3 Å². The number of nitrogens with zero attached hydrogens (tertiary/aromatic N) is 1. The van der Waals surface area contributed by atoms with Crippen LogP contribution >= 0.6 is 0 Å². The predicted molar refractivity (Wildman–Crippen MR) is 84.1 cm³/mol. The number of hydrogen-bond acceptors (Lipinski definition) is 3. The maximum absolute atomic E-state index is 12.9. The molecule has 3 atom stereocenters. The lowest BCUT2D eigenvalue weighted by Crippen LogP contribution is -2.58. The first-order valence-corrected chi connectivity index (χ1v) is 7.82. The highest BCUT2D eigenvalue weighted by molar-refractivity contribution is 5.82. The highest BCUT2D eigenvalue weighted by atomic mass is 16.5. The number of carbonyl (C=O) groups excluding carboxylic acids is 1. The Hall–Kier alpha value is -1.39. The molecule has 21 heavy (non-hydrogen) atoms. The fraction of sp³-hybridized carbons (Fsp3) is 0.588. The van der Waals surface area contributed by atoms with Gasteiger partial charge in [0.25, 0.3) is 5.91 Å². The summed E-state index contributed by atoms with van der Waals surface area (Å²) in [6.45, 7) is 5.91. The number of carbonyl (C=O) groups is 1. The fourth-order valence-electron chi connectivity index (χ4n) is 2.93. The molecule has 1 aromatic rings. The molecular weight excluding hydrogens is 264 g/mol. The van der Waals surface area contributed by atoms with Gasteiger partial charge in [-0.25, -0.2) is 0 Å². The lowest BCUT2D eigenvalue weighted by atomic mass is 10.0. The van der Waals surface area contributed by atoms with Gasteiger partial charge in [0.2, 0.25) is 0 Å². The topological polar surface area (TPSA) is 41.6 Å². The van der Waals surface area contributed by atoms with E-state index in [1.54, 1.807) is 7.11 Å². The smallest absolute Gasteiger partial charge is 0.256 e. The van der Waals surface area contributed by atoms with Gasteiger partial charge in [-0.05, 0) is 18.4 Å². The quantitative estimate of drug-likeness (QED) is 0.905. The molecule has 4 nitrogen and oxygen atoms in total. The van der Waals surface area contributed by atoms with Crippen LogP contribution in [-0.2, 0) is 9.53 Å². The predicted octanol–water partition coefficient (Wildman–Crippen LogP) is 2.36. The Labute approximate surface area is 127 Å². The summed E-state index contributed by atoms with van der Waals surface area (Å²) in [5.41, 5.74) is 0.923. The minimum absolute atomic E-state index is 0.0792. The summed E-state index contributed by atoms with van der Waals surface area (Å²) in [6.07, 6.45) is 1.49. The summed E-state index contributed by atoms with van der Waals surface area (Å²) in [4.78, 5) is 14.9. The molecule has 4 heteroatoms. The Morgan fingerprint density at radius 2 is 2.05 bits per heavy atom. The second-order valence-electron chi connectivity index (χ2n) is 5.59. The van der Waals surface area contributed by atoms with Gasteiger partial charge in [-0.3, -0.25) is 4.79 Å². The monoisotopic (exact) mass is 290 g/mol. The van der Waals surface area contributed by atoms with Crippen LogP contribution in [0.25, 0.3) is 0 Å². The van der Waals surface area contributed by atoms with Gasteiger partial charge in [-0.1, -0.05) is 44.2 Å². The molecule has 0 spiro atoms. The Morgan fingerprint density at radius 1 is 1.33 bits per heavy atom. The number of hydrogen-bond donors (Lipinski definition) is 1. The zero-order chi connectivity index (χ0) is 15.2. The molecule has 2 rings (SSSR count). The average Bonchev–Trinajstić information content (AvgIpc) is 2.55. The summed E-state index contributed by atoms with van der Waals surface area (Å²) < 4.78 is 5.50. The molecule has 1 saturated heterocycles. The highest BCUT2D eigenvalue weighted by Crippen LogP contribution is 2.23. The summed E-state index contributed by atoms with van der Waals surface area (Å²) >= 11 is 0. The SMILES string of the molecule is CCC1CN(C(=O)C(OC)c2ccccc2)C(CC)CN1. The number of rotatable bonds is 5. The molecule has 1 aromatic carbocycles. The van der Waals surface area contributed by atoms with Gasteiger partial charge < -0.3 is 15.0 Å². The van der Waals surface area contributed by atoms with Crippen molar-refractivity contribution in [3.63, 3.8) is 0 Å². The molecule has 0 radical (unpaired) electrons. The normalized spacial score (nSPS) is 23.9. The summed E-state index contributed by atoms with van der Waals surface area (Å²) in [5, 5.41) is 3.52. The molecule has 1 amide bonds. The van der Waals surface area contributed by atoms with Crippen LogP contribution in [0.2, 0.25) is 0 Å². The summed E-state index contributed by atoms with van der Waals surface area (Å²) in [6, 6.07) is 10.4. The summed E-state index contributed by atoms with van der Waals surface area (Å²) in [7, 11) is 1.61. The first-order valence-electron chi connectivity index (χ1n) is 7.82. The van der Waals surface area contributed by atoms with Crippen LogP contribution in [0.4, 0.5) is 0 Å². The molecule has 1 aliphatic rings. The van der Waals surface area contributed by atoms with Crippen LogP contribution in [0.15, 0.2) is 30.3 Å². The van der Waals surface area contributed by atoms with E-state index in [9.17, 15) is 4.79 Å². The molecule has 3 unspecified atom stereocenters. The molecule has 1 fully saturated rings. The number of amides is 1. The van der Waals surface area contributed by atoms with E-state index in [4.69, 9.17) is 4.74 Å². The van der Waals surface area contributed by atoms with Crippen LogP contribution in [-0.4, -0.2) is 43.1 Å². The third kappa shape index (κ3) is 3.63. The molecule has 0 bridgehead atoms. The van der Waals surface area contributed by atoms with Crippen molar-refractivity contribution in [1.29, 1.82) is 0 Å². The van der Waals surface area contributed by atoms with Gasteiger partial charge >= 0.3 is 0 Å². The largest absolute Gasteiger partial charge is 0.367 e. The third-order valence-electron chi connectivity index (χ3n) is 4.31. The first-order chi connectivity index (χ1) is 10.2. The lowest BCUT2D eigenvalue weighted by Gasteiger charge is -2.41. The van der Waals surface area contributed by atoms with Crippen molar-refractivity contribution in [2.24, 2.45) is 0 Å². The van der Waals surface area contributed by atoms with Gasteiger partial charge in [0.15, 0.2) is 6.10 Å². The second kappa shape index (κ2) is 7.57. The Kier molecular flexibility index (Phi) is 5.76. The second-order valence-corrected chi connectivity index (χ2v) is 5.59. The van der Waals surface area contributed by atoms with Crippen LogP contribution in [0, 0.1) is 0 Å². The number of nitrogens with one attached hydrogen (secondary N) is 1. The van der Waals surface area contributed by atoms with Crippen LogP contribution in [0.3, 0.4) is 0 Å². The van der Waals surface area contributed by atoms with E-state index < -0.39 is 6.10 Å². The third-order valence-corrected chi connectivity index (χ3v) is 4.31.